The topological polar surface area (TPSA) is 75.6 Å². The number of thiophene rings is 1. The smallest absolute Gasteiger partial charge is 0.348 e. The van der Waals surface area contributed by atoms with Gasteiger partial charge in [-0.15, -0.1) is 11.3 Å². The van der Waals surface area contributed by atoms with E-state index in [1.807, 2.05) is 20.8 Å². The van der Waals surface area contributed by atoms with Crippen molar-refractivity contribution in [2.24, 2.45) is 0 Å². The predicted octanol–water partition coefficient (Wildman–Crippen LogP) is 5.67. The number of aromatic carboxylic acids is 1. The predicted molar refractivity (Wildman–Crippen MR) is 109 cm³/mol. The Labute approximate surface area is 162 Å². The van der Waals surface area contributed by atoms with Crippen LogP contribution in [-0.4, -0.2) is 17.7 Å². The number of hydrogen-bond acceptors (Lipinski definition) is 4. The van der Waals surface area contributed by atoms with Crippen molar-refractivity contribution in [2.45, 2.75) is 40.0 Å². The summed E-state index contributed by atoms with van der Waals surface area (Å²) in [6, 6.07) is 6.74. The molecular weight excluding hydrogens is 393 g/mol. The molecule has 2 N–H and O–H groups in total. The maximum absolute atomic E-state index is 13.6. The van der Waals surface area contributed by atoms with Gasteiger partial charge in [-0.05, 0) is 49.1 Å². The summed E-state index contributed by atoms with van der Waals surface area (Å²) in [6.07, 6.45) is 0. The Balaban J connectivity index is 2.55. The largest absolute Gasteiger partial charge is 0.477 e. The van der Waals surface area contributed by atoms with Gasteiger partial charge in [0.2, 0.25) is 0 Å². The standard InChI is InChI=1S/C18H23ClNO4PS/c1-6-24-25(23,14-8-7-12(19)9-11(14)2)20-13-10-15(18(3,4)5)26-16(13)17(21)22/h7-10H,6H2,1-5H3,(H,20,23)(H,21,22). The Hall–Kier alpha value is -1.33. The van der Waals surface area contributed by atoms with Crippen LogP contribution in [0, 0.1) is 6.92 Å². The molecule has 142 valence electrons. The van der Waals surface area contributed by atoms with Gasteiger partial charge in [-0.1, -0.05) is 32.4 Å². The molecule has 0 amide bonds. The van der Waals surface area contributed by atoms with Gasteiger partial charge in [0.15, 0.2) is 0 Å². The molecule has 0 bridgehead atoms. The number of benzene rings is 1. The number of carboxylic acids is 1. The van der Waals surface area contributed by atoms with Crippen molar-refractivity contribution < 1.29 is 19.0 Å². The van der Waals surface area contributed by atoms with Crippen molar-refractivity contribution in [3.05, 3.63) is 44.6 Å². The van der Waals surface area contributed by atoms with Crippen LogP contribution >= 0.6 is 30.5 Å². The second-order valence-corrected chi connectivity index (χ2v) is 10.5. The molecule has 1 heterocycles. The summed E-state index contributed by atoms with van der Waals surface area (Å²) < 4.78 is 19.2. The second-order valence-electron chi connectivity index (χ2n) is 6.92. The molecule has 1 aromatic carbocycles. The van der Waals surface area contributed by atoms with Crippen LogP contribution in [0.5, 0.6) is 0 Å². The van der Waals surface area contributed by atoms with E-state index < -0.39 is 13.5 Å². The monoisotopic (exact) mass is 415 g/mol. The molecule has 8 heteroatoms. The molecule has 2 rings (SSSR count). The van der Waals surface area contributed by atoms with E-state index in [1.54, 1.807) is 38.1 Å². The highest BCUT2D eigenvalue weighted by atomic mass is 35.5. The molecule has 2 aromatic rings. The minimum atomic E-state index is -3.52. The highest BCUT2D eigenvalue weighted by molar-refractivity contribution is 7.68. The summed E-state index contributed by atoms with van der Waals surface area (Å²) in [7, 11) is -3.52. The Kier molecular flexibility index (Phi) is 6.24. The highest BCUT2D eigenvalue weighted by Gasteiger charge is 2.31. The number of rotatable bonds is 6. The van der Waals surface area contributed by atoms with Crippen LogP contribution in [0.15, 0.2) is 24.3 Å². The third-order valence-electron chi connectivity index (χ3n) is 3.72. The number of carbonyl (C=O) groups is 1. The Morgan fingerprint density at radius 2 is 2.00 bits per heavy atom. The fourth-order valence-electron chi connectivity index (χ4n) is 2.45. The first-order valence-corrected chi connectivity index (χ1v) is 11.0. The summed E-state index contributed by atoms with van der Waals surface area (Å²) in [4.78, 5) is 12.7. The first-order valence-electron chi connectivity index (χ1n) is 8.15. The van der Waals surface area contributed by atoms with Gasteiger partial charge in [0, 0.05) is 9.90 Å². The third-order valence-corrected chi connectivity index (χ3v) is 7.80. The quantitative estimate of drug-likeness (QED) is 0.594. The zero-order valence-electron chi connectivity index (χ0n) is 15.4. The van der Waals surface area contributed by atoms with Crippen LogP contribution in [0.4, 0.5) is 5.69 Å². The molecule has 5 nitrogen and oxygen atoms in total. The van der Waals surface area contributed by atoms with Crippen LogP contribution in [-0.2, 0) is 14.5 Å². The van der Waals surface area contributed by atoms with Gasteiger partial charge in [-0.3, -0.25) is 4.57 Å². The minimum absolute atomic E-state index is 0.112. The molecule has 1 aromatic heterocycles. The van der Waals surface area contributed by atoms with Gasteiger partial charge < -0.3 is 14.7 Å². The van der Waals surface area contributed by atoms with E-state index in [0.29, 0.717) is 21.6 Å². The first kappa shape index (κ1) is 21.0. The Morgan fingerprint density at radius 3 is 2.50 bits per heavy atom. The van der Waals surface area contributed by atoms with E-state index >= 15 is 0 Å². The highest BCUT2D eigenvalue weighted by Crippen LogP contribution is 2.49. The van der Waals surface area contributed by atoms with Crippen LogP contribution in [0.25, 0.3) is 0 Å². The molecule has 0 aliphatic carbocycles. The zero-order valence-corrected chi connectivity index (χ0v) is 17.9. The van der Waals surface area contributed by atoms with E-state index in [4.69, 9.17) is 16.1 Å². The zero-order chi connectivity index (χ0) is 19.7. The van der Waals surface area contributed by atoms with Crippen LogP contribution in [0.2, 0.25) is 5.02 Å². The molecule has 0 saturated heterocycles. The number of halogens is 1. The molecule has 1 atom stereocenters. The fraction of sp³-hybridized carbons (Fsp3) is 0.389. The van der Waals surface area contributed by atoms with Gasteiger partial charge in [0.1, 0.15) is 4.88 Å². The lowest BCUT2D eigenvalue weighted by Gasteiger charge is -2.22. The first-order chi connectivity index (χ1) is 12.0. The van der Waals surface area contributed by atoms with E-state index in [-0.39, 0.29) is 16.9 Å². The molecule has 0 radical (unpaired) electrons. The lowest BCUT2D eigenvalue weighted by Crippen LogP contribution is -2.17. The molecule has 0 aliphatic rings. The van der Waals surface area contributed by atoms with E-state index in [9.17, 15) is 14.5 Å². The van der Waals surface area contributed by atoms with Crippen molar-refractivity contribution in [3.63, 3.8) is 0 Å². The lowest BCUT2D eigenvalue weighted by molar-refractivity contribution is 0.0703. The molecular formula is C18H23ClNO4PS. The van der Waals surface area contributed by atoms with Gasteiger partial charge in [-0.2, -0.15) is 0 Å². The normalized spacial score (nSPS) is 14.1. The average molecular weight is 416 g/mol. The second kappa shape index (κ2) is 7.73. The average Bonchev–Trinajstić information content (AvgIpc) is 2.91. The molecule has 0 saturated carbocycles. The number of aryl methyl sites for hydroxylation is 1. The Morgan fingerprint density at radius 1 is 1.35 bits per heavy atom. The third kappa shape index (κ3) is 4.49. The van der Waals surface area contributed by atoms with Gasteiger partial charge in [0.05, 0.1) is 17.6 Å². The summed E-state index contributed by atoms with van der Waals surface area (Å²) >= 11 is 7.17. The molecule has 0 aliphatic heterocycles. The van der Waals surface area contributed by atoms with E-state index in [1.165, 1.54) is 11.3 Å². The van der Waals surface area contributed by atoms with Crippen molar-refractivity contribution in [3.8, 4) is 0 Å². The summed E-state index contributed by atoms with van der Waals surface area (Å²) in [5.74, 6) is -1.07. The van der Waals surface area contributed by atoms with Crippen molar-refractivity contribution in [2.75, 3.05) is 11.7 Å². The van der Waals surface area contributed by atoms with Gasteiger partial charge in [-0.25, -0.2) is 4.79 Å². The van der Waals surface area contributed by atoms with Crippen LogP contribution in [0.1, 0.15) is 47.8 Å². The van der Waals surface area contributed by atoms with E-state index in [2.05, 4.69) is 5.09 Å². The van der Waals surface area contributed by atoms with Crippen molar-refractivity contribution in [1.29, 1.82) is 0 Å². The van der Waals surface area contributed by atoms with Crippen LogP contribution < -0.4 is 10.4 Å². The Bertz CT molecular complexity index is 873. The SMILES string of the molecule is CCOP(=O)(Nc1cc(C(C)(C)C)sc1C(=O)O)c1ccc(Cl)cc1C. The number of carboxylic acid groups (broad SMARTS) is 1. The van der Waals surface area contributed by atoms with Gasteiger partial charge >= 0.3 is 13.5 Å². The molecule has 0 spiro atoms. The fourth-order valence-corrected chi connectivity index (χ4v) is 5.75. The summed E-state index contributed by atoms with van der Waals surface area (Å²) in [5, 5.41) is 13.5. The lowest BCUT2D eigenvalue weighted by atomic mass is 9.95. The minimum Gasteiger partial charge on any atom is -0.477 e. The van der Waals surface area contributed by atoms with Crippen LogP contribution in [0.3, 0.4) is 0 Å². The molecule has 26 heavy (non-hydrogen) atoms. The summed E-state index contributed by atoms with van der Waals surface area (Å²) in [5.41, 5.74) is 0.795. The number of anilines is 1. The number of nitrogens with one attached hydrogen (secondary N) is 1. The number of hydrogen-bond donors (Lipinski definition) is 2. The van der Waals surface area contributed by atoms with Crippen molar-refractivity contribution >= 4 is 47.4 Å². The van der Waals surface area contributed by atoms with E-state index in [0.717, 1.165) is 4.88 Å². The molecule has 1 unspecified atom stereocenters. The maximum atomic E-state index is 13.6. The van der Waals surface area contributed by atoms with Gasteiger partial charge in [0.25, 0.3) is 0 Å². The van der Waals surface area contributed by atoms with Crippen molar-refractivity contribution in [1.82, 2.24) is 0 Å². The molecule has 0 fully saturated rings. The summed E-state index contributed by atoms with van der Waals surface area (Å²) in [6.45, 7) is 9.75. The maximum Gasteiger partial charge on any atom is 0.348 e.